The van der Waals surface area contributed by atoms with Crippen molar-refractivity contribution in [1.29, 1.82) is 0 Å². The summed E-state index contributed by atoms with van der Waals surface area (Å²) in [5.74, 6) is -1.43. The number of likely N-dealkylation sites (N-methyl/N-ethyl adjacent to an activating group) is 1. The fraction of sp³-hybridized carbons (Fsp3) is 0.857. The molecule has 3 atom stereocenters. The predicted molar refractivity (Wildman–Crippen MR) is 84.3 cm³/mol. The first-order valence-corrected chi connectivity index (χ1v) is 10.2. The Morgan fingerprint density at radius 2 is 1.86 bits per heavy atom. The number of nitrogens with zero attached hydrogens (tertiary/aromatic N) is 1. The summed E-state index contributed by atoms with van der Waals surface area (Å²) in [6.45, 7) is 12.3. The Balaban J connectivity index is 2.91. The zero-order valence-electron chi connectivity index (χ0n) is 14.7. The number of nitrogens with two attached hydrogens (primary N) is 1. The molecule has 0 aromatic rings. The minimum atomic E-state index is -2.05. The van der Waals surface area contributed by atoms with Gasteiger partial charge in [0.25, 0.3) is 17.4 Å². The maximum atomic E-state index is 12.3. The first kappa shape index (κ1) is 19.1. The molecular formula is C14H28N2O5Si. The van der Waals surface area contributed by atoms with E-state index in [2.05, 4.69) is 33.9 Å². The van der Waals surface area contributed by atoms with E-state index in [1.54, 1.807) is 6.92 Å². The molecule has 2 amide bonds. The van der Waals surface area contributed by atoms with E-state index in [1.165, 1.54) is 14.2 Å². The number of ether oxygens (including phenoxy) is 1. The lowest BCUT2D eigenvalue weighted by atomic mass is 10.0. The topological polar surface area (TPSA) is 94.4 Å². The molecule has 0 saturated carbocycles. The largest absolute Gasteiger partial charge is 0.411 e. The molecular weight excluding hydrogens is 304 g/mol. The maximum absolute atomic E-state index is 12.3. The average molecular weight is 332 g/mol. The van der Waals surface area contributed by atoms with Crippen LogP contribution in [0.3, 0.4) is 0 Å². The van der Waals surface area contributed by atoms with Crippen LogP contribution in [0.5, 0.6) is 0 Å². The smallest absolute Gasteiger partial charge is 0.290 e. The van der Waals surface area contributed by atoms with Crippen molar-refractivity contribution in [2.24, 2.45) is 5.73 Å². The molecule has 1 heterocycles. The first-order valence-electron chi connectivity index (χ1n) is 7.29. The fourth-order valence-corrected chi connectivity index (χ4v) is 3.50. The van der Waals surface area contributed by atoms with Crippen LogP contribution in [-0.2, 0) is 23.6 Å². The van der Waals surface area contributed by atoms with E-state index < -0.39 is 37.9 Å². The summed E-state index contributed by atoms with van der Waals surface area (Å²) in [5, 5.41) is 0.961. The van der Waals surface area contributed by atoms with Gasteiger partial charge in [-0.25, -0.2) is 5.06 Å². The third-order valence-corrected chi connectivity index (χ3v) is 9.19. The molecule has 2 N–H and O–H groups in total. The second-order valence-corrected chi connectivity index (χ2v) is 12.0. The highest BCUT2D eigenvalue weighted by Gasteiger charge is 2.71. The summed E-state index contributed by atoms with van der Waals surface area (Å²) >= 11 is 0. The molecule has 1 unspecified atom stereocenters. The molecule has 128 valence electrons. The SMILES string of the molecule is CON(C)C(=O)C1(C(N)=O)O[C@H]1[C@H](C)O[Si](C)(C)C(C)(C)C. The van der Waals surface area contributed by atoms with Crippen LogP contribution in [0.4, 0.5) is 0 Å². The summed E-state index contributed by atoms with van der Waals surface area (Å²) in [6, 6.07) is 0. The van der Waals surface area contributed by atoms with E-state index in [1.807, 2.05) is 0 Å². The van der Waals surface area contributed by atoms with Crippen LogP contribution in [0.1, 0.15) is 27.7 Å². The molecule has 1 rings (SSSR count). The van der Waals surface area contributed by atoms with E-state index in [-0.39, 0.29) is 5.04 Å². The van der Waals surface area contributed by atoms with E-state index >= 15 is 0 Å². The van der Waals surface area contributed by atoms with Gasteiger partial charge in [0.15, 0.2) is 8.32 Å². The third-order valence-electron chi connectivity index (χ3n) is 4.61. The number of hydroxylamine groups is 2. The molecule has 0 aromatic carbocycles. The molecule has 0 radical (unpaired) electrons. The van der Waals surface area contributed by atoms with Crippen molar-refractivity contribution in [1.82, 2.24) is 5.06 Å². The second-order valence-electron chi connectivity index (χ2n) is 7.21. The summed E-state index contributed by atoms with van der Waals surface area (Å²) in [7, 11) is 0.694. The predicted octanol–water partition coefficient (Wildman–Crippen LogP) is 1.04. The van der Waals surface area contributed by atoms with E-state index in [9.17, 15) is 9.59 Å². The number of carbonyl (C=O) groups excluding carboxylic acids is 2. The van der Waals surface area contributed by atoms with E-state index in [0.717, 1.165) is 5.06 Å². The van der Waals surface area contributed by atoms with Crippen molar-refractivity contribution < 1.29 is 23.6 Å². The first-order chi connectivity index (χ1) is 9.81. The normalized spacial score (nSPS) is 26.5. The number of rotatable bonds is 6. The number of carbonyl (C=O) groups is 2. The van der Waals surface area contributed by atoms with Crippen LogP contribution in [-0.4, -0.2) is 57.2 Å². The Labute approximate surface area is 133 Å². The zero-order valence-corrected chi connectivity index (χ0v) is 15.7. The zero-order chi connectivity index (χ0) is 17.5. The maximum Gasteiger partial charge on any atom is 0.290 e. The van der Waals surface area contributed by atoms with Crippen molar-refractivity contribution in [2.45, 2.75) is 63.6 Å². The highest BCUT2D eigenvalue weighted by atomic mass is 28.4. The van der Waals surface area contributed by atoms with Crippen molar-refractivity contribution in [3.63, 3.8) is 0 Å². The van der Waals surface area contributed by atoms with Crippen molar-refractivity contribution in [2.75, 3.05) is 14.2 Å². The van der Waals surface area contributed by atoms with E-state index in [0.29, 0.717) is 0 Å². The fourth-order valence-electron chi connectivity index (χ4n) is 2.09. The molecule has 8 heteroatoms. The van der Waals surface area contributed by atoms with Gasteiger partial charge in [-0.05, 0) is 25.1 Å². The van der Waals surface area contributed by atoms with Gasteiger partial charge in [0.05, 0.1) is 13.2 Å². The summed E-state index contributed by atoms with van der Waals surface area (Å²) in [4.78, 5) is 28.9. The highest BCUT2D eigenvalue weighted by molar-refractivity contribution is 6.74. The number of hydrogen-bond donors (Lipinski definition) is 1. The number of primary amides is 1. The lowest BCUT2D eigenvalue weighted by molar-refractivity contribution is -0.175. The van der Waals surface area contributed by atoms with Crippen molar-refractivity contribution >= 4 is 20.1 Å². The van der Waals surface area contributed by atoms with Gasteiger partial charge < -0.3 is 14.9 Å². The minimum absolute atomic E-state index is 0.0128. The average Bonchev–Trinajstić information content (AvgIpc) is 3.11. The van der Waals surface area contributed by atoms with Crippen molar-refractivity contribution in [3.8, 4) is 0 Å². The Kier molecular flexibility index (Phi) is 5.13. The molecule has 0 aromatic heterocycles. The molecule has 1 aliphatic heterocycles. The molecule has 1 saturated heterocycles. The highest BCUT2D eigenvalue weighted by Crippen LogP contribution is 2.44. The summed E-state index contributed by atoms with van der Waals surface area (Å²) in [6.07, 6.45) is -1.10. The molecule has 1 fully saturated rings. The molecule has 22 heavy (non-hydrogen) atoms. The van der Waals surface area contributed by atoms with Crippen LogP contribution < -0.4 is 5.73 Å². The number of hydrogen-bond acceptors (Lipinski definition) is 5. The van der Waals surface area contributed by atoms with Crippen LogP contribution in [0.15, 0.2) is 0 Å². The lowest BCUT2D eigenvalue weighted by Gasteiger charge is -2.38. The van der Waals surface area contributed by atoms with Gasteiger partial charge in [-0.1, -0.05) is 20.8 Å². The van der Waals surface area contributed by atoms with Gasteiger partial charge in [-0.3, -0.25) is 14.4 Å². The van der Waals surface area contributed by atoms with Gasteiger partial charge in [0, 0.05) is 7.05 Å². The van der Waals surface area contributed by atoms with E-state index in [4.69, 9.17) is 19.7 Å². The molecule has 0 bridgehead atoms. The van der Waals surface area contributed by atoms with Gasteiger partial charge in [-0.15, -0.1) is 0 Å². The van der Waals surface area contributed by atoms with Crippen LogP contribution >= 0.6 is 0 Å². The Bertz CT molecular complexity index is 463. The van der Waals surface area contributed by atoms with Gasteiger partial charge in [0.2, 0.25) is 0 Å². The monoisotopic (exact) mass is 332 g/mol. The number of amides is 2. The van der Waals surface area contributed by atoms with Gasteiger partial charge in [0.1, 0.15) is 6.10 Å². The molecule has 1 aliphatic rings. The lowest BCUT2D eigenvalue weighted by Crippen LogP contribution is -2.51. The van der Waals surface area contributed by atoms with Crippen LogP contribution in [0.2, 0.25) is 18.1 Å². The summed E-state index contributed by atoms with van der Waals surface area (Å²) < 4.78 is 11.6. The van der Waals surface area contributed by atoms with Crippen LogP contribution in [0, 0.1) is 0 Å². The molecule has 0 aliphatic carbocycles. The number of epoxide rings is 1. The summed E-state index contributed by atoms with van der Waals surface area (Å²) in [5.41, 5.74) is 3.70. The van der Waals surface area contributed by atoms with Crippen molar-refractivity contribution in [3.05, 3.63) is 0 Å². The Hall–Kier alpha value is -0.963. The quantitative estimate of drug-likeness (QED) is 0.339. The second kappa shape index (κ2) is 5.92. The Morgan fingerprint density at radius 3 is 2.23 bits per heavy atom. The van der Waals surface area contributed by atoms with Gasteiger partial charge in [-0.2, -0.15) is 0 Å². The van der Waals surface area contributed by atoms with Crippen LogP contribution in [0.25, 0.3) is 0 Å². The third kappa shape index (κ3) is 3.19. The minimum Gasteiger partial charge on any atom is -0.411 e. The standard InChI is InChI=1S/C14H28N2O5Si/c1-9(21-22(7,8)13(2,3)4)10-14(20-10,11(15)17)12(18)16(5)19-6/h9-10H,1-8H3,(H2,15,17)/t9-,10-,14?/m0/s1. The molecule has 7 nitrogen and oxygen atoms in total. The Morgan fingerprint density at radius 1 is 1.36 bits per heavy atom. The van der Waals surface area contributed by atoms with Gasteiger partial charge >= 0.3 is 0 Å². The molecule has 0 spiro atoms.